The molecule has 0 saturated carbocycles. The summed E-state index contributed by atoms with van der Waals surface area (Å²) in [6.45, 7) is 1.98. The highest BCUT2D eigenvalue weighted by atomic mass is 16.2. The molecule has 2 fully saturated rings. The van der Waals surface area contributed by atoms with Crippen molar-refractivity contribution in [1.29, 1.82) is 0 Å². The van der Waals surface area contributed by atoms with Gasteiger partial charge in [-0.1, -0.05) is 35.9 Å². The van der Waals surface area contributed by atoms with Crippen molar-refractivity contribution in [2.24, 2.45) is 0 Å². The molecule has 3 atom stereocenters. The molecular weight excluding hydrogens is 318 g/mol. The number of para-hydroxylation sites is 1. The number of rotatable bonds is 4. The maximum Gasteiger partial charge on any atom is 0.253 e. The Morgan fingerprint density at radius 1 is 0.960 bits per heavy atom. The molecule has 25 heavy (non-hydrogen) atoms. The highest BCUT2D eigenvalue weighted by molar-refractivity contribution is 6.28. The summed E-state index contributed by atoms with van der Waals surface area (Å²) in [6, 6.07) is 15.3. The number of amides is 3. The molecule has 3 amide bonds. The second-order valence-electron chi connectivity index (χ2n) is 6.32. The Labute approximate surface area is 145 Å². The molecule has 0 bridgehead atoms. The maximum absolute atomic E-state index is 12.5. The minimum absolute atomic E-state index is 0.0312. The molecule has 0 aromatic heterocycles. The standard InChI is InChI=1S/C19H17N3O3/c1-12-7-9-14(10-8-12)22-18(24)16-17(19(22)25)21(16)11-15(23)20-13-5-3-2-4-6-13/h2-10,16-17H,11H2,1H3,(H,20,23)/t16-,17+,21?. The van der Waals surface area contributed by atoms with E-state index in [1.807, 2.05) is 37.3 Å². The molecular formula is C19H17N3O3. The molecule has 2 aliphatic heterocycles. The normalized spacial score (nSPS) is 24.2. The van der Waals surface area contributed by atoms with Gasteiger partial charge in [0.1, 0.15) is 12.1 Å². The highest BCUT2D eigenvalue weighted by Crippen LogP contribution is 2.39. The van der Waals surface area contributed by atoms with Gasteiger partial charge in [0, 0.05) is 5.69 Å². The van der Waals surface area contributed by atoms with E-state index in [-0.39, 0.29) is 24.3 Å². The van der Waals surface area contributed by atoms with Crippen molar-refractivity contribution in [3.63, 3.8) is 0 Å². The molecule has 2 aromatic carbocycles. The van der Waals surface area contributed by atoms with Crippen LogP contribution in [0.15, 0.2) is 54.6 Å². The van der Waals surface area contributed by atoms with Gasteiger partial charge < -0.3 is 5.32 Å². The second-order valence-corrected chi connectivity index (χ2v) is 6.32. The van der Waals surface area contributed by atoms with Crippen LogP contribution in [0.1, 0.15) is 5.56 Å². The predicted octanol–water partition coefficient (Wildman–Crippen LogP) is 1.56. The van der Waals surface area contributed by atoms with Crippen molar-refractivity contribution < 1.29 is 14.4 Å². The minimum atomic E-state index is -0.518. The average Bonchev–Trinajstić information content (AvgIpc) is 3.23. The Hall–Kier alpha value is -2.99. The van der Waals surface area contributed by atoms with Crippen LogP contribution in [0.25, 0.3) is 0 Å². The minimum Gasteiger partial charge on any atom is -0.325 e. The molecule has 1 unspecified atom stereocenters. The Balaban J connectivity index is 1.41. The fourth-order valence-electron chi connectivity index (χ4n) is 3.24. The maximum atomic E-state index is 12.5. The first-order chi connectivity index (χ1) is 12.1. The summed E-state index contributed by atoms with van der Waals surface area (Å²) in [4.78, 5) is 40.0. The Morgan fingerprint density at radius 2 is 1.56 bits per heavy atom. The van der Waals surface area contributed by atoms with E-state index < -0.39 is 12.1 Å². The van der Waals surface area contributed by atoms with Gasteiger partial charge in [-0.3, -0.25) is 19.3 Å². The summed E-state index contributed by atoms with van der Waals surface area (Å²) in [7, 11) is 0. The number of carbonyl (C=O) groups excluding carboxylic acids is 3. The van der Waals surface area contributed by atoms with Gasteiger partial charge >= 0.3 is 0 Å². The average molecular weight is 335 g/mol. The number of anilines is 2. The summed E-state index contributed by atoms with van der Waals surface area (Å²) in [5, 5.41) is 2.76. The van der Waals surface area contributed by atoms with Crippen LogP contribution in [-0.2, 0) is 14.4 Å². The predicted molar refractivity (Wildman–Crippen MR) is 93.0 cm³/mol. The zero-order valence-electron chi connectivity index (χ0n) is 13.7. The van der Waals surface area contributed by atoms with Gasteiger partial charge in [-0.2, -0.15) is 0 Å². The van der Waals surface area contributed by atoms with E-state index in [0.717, 1.165) is 5.56 Å². The van der Waals surface area contributed by atoms with E-state index in [0.29, 0.717) is 11.4 Å². The third kappa shape index (κ3) is 2.70. The lowest BCUT2D eigenvalue weighted by molar-refractivity contribution is -0.124. The molecule has 2 aromatic rings. The van der Waals surface area contributed by atoms with E-state index in [4.69, 9.17) is 0 Å². The Morgan fingerprint density at radius 3 is 2.16 bits per heavy atom. The molecule has 0 aliphatic carbocycles. The number of hydrogen-bond donors (Lipinski definition) is 1. The van der Waals surface area contributed by atoms with Crippen molar-refractivity contribution in [3.05, 3.63) is 60.2 Å². The number of hydrogen-bond acceptors (Lipinski definition) is 4. The Bertz CT molecular complexity index is 826. The molecule has 6 nitrogen and oxygen atoms in total. The lowest BCUT2D eigenvalue weighted by Crippen LogP contribution is -2.40. The van der Waals surface area contributed by atoms with Crippen LogP contribution < -0.4 is 10.2 Å². The van der Waals surface area contributed by atoms with Crippen molar-refractivity contribution in [3.8, 4) is 0 Å². The molecule has 6 heteroatoms. The molecule has 4 rings (SSSR count). The number of piperazine rings is 1. The number of benzene rings is 2. The van der Waals surface area contributed by atoms with Gasteiger partial charge in [-0.25, -0.2) is 4.90 Å². The summed E-state index contributed by atoms with van der Waals surface area (Å²) < 4.78 is 0. The molecule has 2 heterocycles. The smallest absolute Gasteiger partial charge is 0.253 e. The van der Waals surface area contributed by atoms with E-state index in [9.17, 15) is 14.4 Å². The molecule has 0 spiro atoms. The molecule has 2 saturated heterocycles. The van der Waals surface area contributed by atoms with Crippen LogP contribution in [0.2, 0.25) is 0 Å². The molecule has 1 N–H and O–H groups in total. The molecule has 2 aliphatic rings. The quantitative estimate of drug-likeness (QED) is 0.680. The number of nitrogens with zero attached hydrogens (tertiary/aromatic N) is 2. The van der Waals surface area contributed by atoms with E-state index in [2.05, 4.69) is 5.32 Å². The topological polar surface area (TPSA) is 69.5 Å². The first-order valence-corrected chi connectivity index (χ1v) is 8.11. The summed E-state index contributed by atoms with van der Waals surface area (Å²) >= 11 is 0. The zero-order valence-corrected chi connectivity index (χ0v) is 13.7. The number of imide groups is 1. The first-order valence-electron chi connectivity index (χ1n) is 8.11. The van der Waals surface area contributed by atoms with Crippen LogP contribution in [-0.4, -0.2) is 41.2 Å². The van der Waals surface area contributed by atoms with Crippen LogP contribution in [0.5, 0.6) is 0 Å². The van der Waals surface area contributed by atoms with Crippen molar-refractivity contribution in [2.75, 3.05) is 16.8 Å². The molecule has 0 radical (unpaired) electrons. The lowest BCUT2D eigenvalue weighted by atomic mass is 10.2. The monoisotopic (exact) mass is 335 g/mol. The third-order valence-corrected chi connectivity index (χ3v) is 4.55. The second kappa shape index (κ2) is 5.82. The van der Waals surface area contributed by atoms with Crippen LogP contribution >= 0.6 is 0 Å². The Kier molecular flexibility index (Phi) is 3.62. The lowest BCUT2D eigenvalue weighted by Gasteiger charge is -2.19. The van der Waals surface area contributed by atoms with E-state index in [1.165, 1.54) is 4.90 Å². The van der Waals surface area contributed by atoms with Gasteiger partial charge in [0.15, 0.2) is 0 Å². The van der Waals surface area contributed by atoms with Crippen LogP contribution in [0.3, 0.4) is 0 Å². The van der Waals surface area contributed by atoms with Gasteiger partial charge in [-0.05, 0) is 31.2 Å². The van der Waals surface area contributed by atoms with E-state index >= 15 is 0 Å². The highest BCUT2D eigenvalue weighted by Gasteiger charge is 2.66. The summed E-state index contributed by atoms with van der Waals surface area (Å²) in [5.74, 6) is -0.749. The van der Waals surface area contributed by atoms with Crippen LogP contribution in [0.4, 0.5) is 11.4 Å². The largest absolute Gasteiger partial charge is 0.325 e. The number of fused-ring (bicyclic) bond motifs is 1. The van der Waals surface area contributed by atoms with Gasteiger partial charge in [-0.15, -0.1) is 0 Å². The van der Waals surface area contributed by atoms with Crippen molar-refractivity contribution in [1.82, 2.24) is 4.90 Å². The van der Waals surface area contributed by atoms with Gasteiger partial charge in [0.05, 0.1) is 12.2 Å². The summed E-state index contributed by atoms with van der Waals surface area (Å²) in [5.41, 5.74) is 2.34. The fraction of sp³-hybridized carbons (Fsp3) is 0.211. The van der Waals surface area contributed by atoms with E-state index in [1.54, 1.807) is 29.2 Å². The fourth-order valence-corrected chi connectivity index (χ4v) is 3.24. The zero-order chi connectivity index (χ0) is 17.6. The number of aryl methyl sites for hydroxylation is 1. The SMILES string of the molecule is Cc1ccc(N2C(=O)[C@@H]3[C@H](C2=O)N3CC(=O)Nc2ccccc2)cc1. The number of nitrogens with one attached hydrogen (secondary N) is 1. The van der Waals surface area contributed by atoms with Gasteiger partial charge in [0.2, 0.25) is 5.91 Å². The first kappa shape index (κ1) is 15.5. The molecule has 126 valence electrons. The number of carbonyl (C=O) groups is 3. The van der Waals surface area contributed by atoms with Gasteiger partial charge in [0.25, 0.3) is 11.8 Å². The summed E-state index contributed by atoms with van der Waals surface area (Å²) in [6.07, 6.45) is 0. The van der Waals surface area contributed by atoms with Crippen molar-refractivity contribution in [2.45, 2.75) is 19.0 Å². The van der Waals surface area contributed by atoms with Crippen molar-refractivity contribution >= 4 is 29.1 Å². The van der Waals surface area contributed by atoms with Crippen LogP contribution in [0, 0.1) is 6.92 Å². The third-order valence-electron chi connectivity index (χ3n) is 4.55.